The van der Waals surface area contributed by atoms with Crippen LogP contribution in [0.4, 0.5) is 24.5 Å². The summed E-state index contributed by atoms with van der Waals surface area (Å²) in [5.41, 5.74) is 17.2. The molecule has 0 aromatic heterocycles. The number of esters is 2. The van der Waals surface area contributed by atoms with Crippen LogP contribution in [-0.2, 0) is 23.9 Å². The van der Waals surface area contributed by atoms with Crippen LogP contribution in [0.2, 0.25) is 0 Å². The van der Waals surface area contributed by atoms with Crippen molar-refractivity contribution in [3.8, 4) is 0 Å². The van der Waals surface area contributed by atoms with E-state index in [1.807, 2.05) is 5.32 Å². The van der Waals surface area contributed by atoms with Gasteiger partial charge in [-0.1, -0.05) is 0 Å². The van der Waals surface area contributed by atoms with E-state index in [9.17, 15) is 32.3 Å². The molecule has 0 saturated heterocycles. The van der Waals surface area contributed by atoms with Gasteiger partial charge in [0.05, 0.1) is 0 Å². The lowest BCUT2D eigenvalue weighted by Crippen LogP contribution is -2.44. The number of amides is 2. The molecule has 28 heavy (non-hydrogen) atoms. The number of anilines is 2. The zero-order valence-corrected chi connectivity index (χ0v) is 14.3. The number of halogens is 3. The summed E-state index contributed by atoms with van der Waals surface area (Å²) in [6.07, 6.45) is -4.15. The number of hydrogen-bond donors (Lipinski definition) is 4. The van der Waals surface area contributed by atoms with E-state index in [1.54, 1.807) is 0 Å². The van der Waals surface area contributed by atoms with Gasteiger partial charge in [-0.15, -0.1) is 0 Å². The predicted octanol–water partition coefficient (Wildman–Crippen LogP) is 0.247. The lowest BCUT2D eigenvalue weighted by Gasteiger charge is -2.16. The highest BCUT2D eigenvalue weighted by molar-refractivity contribution is 5.97. The fraction of sp³-hybridized carbons (Fsp3) is 0.250. The van der Waals surface area contributed by atoms with Crippen molar-refractivity contribution in [2.45, 2.75) is 25.1 Å². The van der Waals surface area contributed by atoms with E-state index in [0.717, 1.165) is 6.08 Å². The van der Waals surface area contributed by atoms with Crippen LogP contribution in [0, 0.1) is 0 Å². The highest BCUT2D eigenvalue weighted by Gasteiger charge is 2.43. The number of alkyl halides is 3. The molecule has 0 aliphatic carbocycles. The van der Waals surface area contributed by atoms with Gasteiger partial charge in [0.2, 0.25) is 11.8 Å². The third-order valence-corrected chi connectivity index (χ3v) is 3.23. The van der Waals surface area contributed by atoms with E-state index in [0.29, 0.717) is 16.9 Å². The molecule has 0 aliphatic heterocycles. The number of rotatable bonds is 7. The maximum atomic E-state index is 12.2. The molecule has 0 fully saturated rings. The first-order valence-electron chi connectivity index (χ1n) is 7.65. The average Bonchev–Trinajstić information content (AvgIpc) is 2.58. The van der Waals surface area contributed by atoms with Crippen molar-refractivity contribution in [3.05, 3.63) is 29.8 Å². The summed E-state index contributed by atoms with van der Waals surface area (Å²) < 4.78 is 40.3. The lowest BCUT2D eigenvalue weighted by atomic mass is 10.1. The number of nitrogens with two attached hydrogens (primary N) is 3. The van der Waals surface area contributed by atoms with Gasteiger partial charge in [-0.05, 0) is 36.3 Å². The van der Waals surface area contributed by atoms with E-state index < -0.39 is 48.8 Å². The number of nitrogens with one attached hydrogen (secondary N) is 1. The second-order valence-corrected chi connectivity index (χ2v) is 5.49. The molecular formula is C16H17F3N4O5. The Balaban J connectivity index is 2.87. The van der Waals surface area contributed by atoms with Gasteiger partial charge in [0, 0.05) is 23.9 Å². The number of carbonyl (C=O) groups excluding carboxylic acids is 4. The van der Waals surface area contributed by atoms with Crippen LogP contribution in [-0.4, -0.2) is 36.0 Å². The van der Waals surface area contributed by atoms with Crippen molar-refractivity contribution in [2.24, 2.45) is 5.73 Å². The molecule has 0 bridgehead atoms. The first-order chi connectivity index (χ1) is 12.9. The molecule has 1 rings (SSSR count). The number of carbonyl (C=O) groups is 4. The zero-order valence-electron chi connectivity index (χ0n) is 14.3. The molecule has 0 spiro atoms. The van der Waals surface area contributed by atoms with Crippen molar-refractivity contribution in [1.29, 1.82) is 0 Å². The molecule has 0 radical (unpaired) electrons. The van der Waals surface area contributed by atoms with Gasteiger partial charge in [-0.3, -0.25) is 9.59 Å². The lowest BCUT2D eigenvalue weighted by molar-refractivity contribution is -0.202. The van der Waals surface area contributed by atoms with Crippen molar-refractivity contribution < 1.29 is 37.1 Å². The molecule has 0 saturated carbocycles. The van der Waals surface area contributed by atoms with Gasteiger partial charge in [-0.2, -0.15) is 13.2 Å². The Morgan fingerprint density at radius 1 is 1.18 bits per heavy atom. The Morgan fingerprint density at radius 3 is 2.39 bits per heavy atom. The van der Waals surface area contributed by atoms with Crippen LogP contribution in [0.15, 0.2) is 24.3 Å². The monoisotopic (exact) mass is 402 g/mol. The van der Waals surface area contributed by atoms with Crippen LogP contribution in [0.25, 0.3) is 6.08 Å². The fourth-order valence-electron chi connectivity index (χ4n) is 1.88. The molecule has 12 heteroatoms. The minimum Gasteiger partial charge on any atom is -0.399 e. The number of nitrogen functional groups attached to an aromatic ring is 2. The number of primary amides is 1. The molecule has 0 unspecified atom stereocenters. The quantitative estimate of drug-likeness (QED) is 0.219. The third kappa shape index (κ3) is 7.35. The first-order valence-corrected chi connectivity index (χ1v) is 7.65. The first kappa shape index (κ1) is 22.5. The Labute approximate surface area is 156 Å². The van der Waals surface area contributed by atoms with Crippen LogP contribution in [0.3, 0.4) is 0 Å². The number of hydrogen-bond acceptors (Lipinski definition) is 7. The minimum atomic E-state index is -5.40. The maximum Gasteiger partial charge on any atom is 0.491 e. The van der Waals surface area contributed by atoms with Crippen LogP contribution < -0.4 is 22.5 Å². The SMILES string of the molecule is NC(=O)CC[C@H](NC(=O)C=Cc1cc(N)ccc1N)C(=O)OC(=O)C(F)(F)F. The molecule has 1 atom stereocenters. The smallest absolute Gasteiger partial charge is 0.399 e. The standard InChI is InChI=1S/C16H17F3N4O5/c17-16(18,19)15(27)28-14(26)11(4-5-12(22)24)23-13(25)6-1-8-7-9(20)2-3-10(8)21/h1-3,6-7,11H,4-5,20-21H2,(H2,22,24)(H,23,25)/t11-/m0/s1. The Bertz CT molecular complexity index is 808. The van der Waals surface area contributed by atoms with Gasteiger partial charge in [0.1, 0.15) is 6.04 Å². The highest BCUT2D eigenvalue weighted by Crippen LogP contribution is 2.18. The molecule has 1 aromatic carbocycles. The molecule has 7 N–H and O–H groups in total. The van der Waals surface area contributed by atoms with Crippen molar-refractivity contribution >= 4 is 41.2 Å². The molecule has 1 aromatic rings. The number of benzene rings is 1. The van der Waals surface area contributed by atoms with Crippen molar-refractivity contribution in [2.75, 3.05) is 11.5 Å². The van der Waals surface area contributed by atoms with Gasteiger partial charge in [-0.25, -0.2) is 9.59 Å². The van der Waals surface area contributed by atoms with E-state index >= 15 is 0 Å². The summed E-state index contributed by atoms with van der Waals surface area (Å²) in [6.45, 7) is 0. The van der Waals surface area contributed by atoms with Crippen LogP contribution in [0.5, 0.6) is 0 Å². The fourth-order valence-corrected chi connectivity index (χ4v) is 1.88. The van der Waals surface area contributed by atoms with Crippen LogP contribution in [0.1, 0.15) is 18.4 Å². The molecule has 152 valence electrons. The Kier molecular flexibility index (Phi) is 7.54. The van der Waals surface area contributed by atoms with Gasteiger partial charge in [0.25, 0.3) is 0 Å². The summed E-state index contributed by atoms with van der Waals surface area (Å²) in [7, 11) is 0. The average molecular weight is 402 g/mol. The molecule has 2 amide bonds. The van der Waals surface area contributed by atoms with Gasteiger partial charge in [0.15, 0.2) is 0 Å². The summed E-state index contributed by atoms with van der Waals surface area (Å²) in [5.74, 6) is -6.24. The summed E-state index contributed by atoms with van der Waals surface area (Å²) in [4.78, 5) is 45.3. The number of ether oxygens (including phenoxy) is 1. The molecule has 9 nitrogen and oxygen atoms in total. The van der Waals surface area contributed by atoms with E-state index in [1.165, 1.54) is 24.3 Å². The third-order valence-electron chi connectivity index (χ3n) is 3.23. The second-order valence-electron chi connectivity index (χ2n) is 5.49. The second kappa shape index (κ2) is 9.39. The van der Waals surface area contributed by atoms with Crippen molar-refractivity contribution in [1.82, 2.24) is 5.32 Å². The molecule has 0 heterocycles. The molecular weight excluding hydrogens is 385 g/mol. The van der Waals surface area contributed by atoms with Crippen molar-refractivity contribution in [3.63, 3.8) is 0 Å². The normalized spacial score (nSPS) is 12.4. The topological polar surface area (TPSA) is 168 Å². The van der Waals surface area contributed by atoms with Gasteiger partial charge >= 0.3 is 18.1 Å². The minimum absolute atomic E-state index is 0.290. The van der Waals surface area contributed by atoms with E-state index in [4.69, 9.17) is 17.2 Å². The van der Waals surface area contributed by atoms with Gasteiger partial charge < -0.3 is 27.3 Å². The largest absolute Gasteiger partial charge is 0.491 e. The predicted molar refractivity (Wildman–Crippen MR) is 91.8 cm³/mol. The summed E-state index contributed by atoms with van der Waals surface area (Å²) >= 11 is 0. The molecule has 0 aliphatic rings. The van der Waals surface area contributed by atoms with Crippen LogP contribution >= 0.6 is 0 Å². The van der Waals surface area contributed by atoms with E-state index in [2.05, 4.69) is 4.74 Å². The summed E-state index contributed by atoms with van der Waals surface area (Å²) in [5, 5.41) is 2.03. The zero-order chi connectivity index (χ0) is 21.5. The van der Waals surface area contributed by atoms with E-state index in [-0.39, 0.29) is 0 Å². The summed E-state index contributed by atoms with van der Waals surface area (Å²) in [6, 6.07) is 2.76. The highest BCUT2D eigenvalue weighted by atomic mass is 19.4. The Hall–Kier alpha value is -3.57. The Morgan fingerprint density at radius 2 is 1.82 bits per heavy atom. The maximum absolute atomic E-state index is 12.2.